The molecule has 0 unspecified atom stereocenters. The lowest BCUT2D eigenvalue weighted by Gasteiger charge is -2.09. The largest absolute Gasteiger partial charge is 0.369 e. The molecule has 0 spiro atoms. The van der Waals surface area contributed by atoms with E-state index in [1.807, 2.05) is 0 Å². The summed E-state index contributed by atoms with van der Waals surface area (Å²) in [5, 5.41) is 0.539. The summed E-state index contributed by atoms with van der Waals surface area (Å²) in [4.78, 5) is 11.0. The van der Waals surface area contributed by atoms with Crippen molar-refractivity contribution in [3.8, 4) is 11.1 Å². The van der Waals surface area contributed by atoms with Crippen molar-refractivity contribution in [3.63, 3.8) is 0 Å². The number of hydrogen-bond donors (Lipinski definition) is 1. The maximum Gasteiger partial charge on any atom is 0.221 e. The number of halogens is 2. The van der Waals surface area contributed by atoms with E-state index in [9.17, 15) is 9.18 Å². The highest BCUT2D eigenvalue weighted by atomic mass is 35.5. The van der Waals surface area contributed by atoms with Gasteiger partial charge in [-0.3, -0.25) is 4.79 Å². The number of nitrogens with two attached hydrogens (primary N) is 1. The molecule has 0 saturated carbocycles. The number of rotatable bonds is 3. The summed E-state index contributed by atoms with van der Waals surface area (Å²) in [7, 11) is 0. The molecule has 2 aromatic carbocycles. The van der Waals surface area contributed by atoms with Crippen LogP contribution < -0.4 is 5.73 Å². The second-order valence-electron chi connectivity index (χ2n) is 3.95. The van der Waals surface area contributed by atoms with Crippen LogP contribution in [0.1, 0.15) is 5.56 Å². The molecule has 1 amide bonds. The van der Waals surface area contributed by atoms with Crippen LogP contribution in [-0.2, 0) is 11.2 Å². The zero-order valence-electron chi connectivity index (χ0n) is 9.49. The summed E-state index contributed by atoms with van der Waals surface area (Å²) in [6.07, 6.45) is 0.104. The first-order valence-electron chi connectivity index (χ1n) is 5.39. The molecule has 0 aromatic heterocycles. The van der Waals surface area contributed by atoms with Crippen molar-refractivity contribution in [2.45, 2.75) is 6.42 Å². The highest BCUT2D eigenvalue weighted by Gasteiger charge is 2.08. The standard InChI is InChI=1S/C14H11ClFNO/c15-11-3-6-13(10(7-11)8-14(17)18)9-1-4-12(16)5-2-9/h1-7H,8H2,(H2,17,18). The molecule has 0 radical (unpaired) electrons. The van der Waals surface area contributed by atoms with Crippen LogP contribution in [0.15, 0.2) is 42.5 Å². The van der Waals surface area contributed by atoms with E-state index in [1.54, 1.807) is 30.3 Å². The molecule has 0 heterocycles. The van der Waals surface area contributed by atoms with Crippen LogP contribution in [0.5, 0.6) is 0 Å². The van der Waals surface area contributed by atoms with Gasteiger partial charge in [-0.05, 0) is 41.0 Å². The summed E-state index contributed by atoms with van der Waals surface area (Å²) in [6.45, 7) is 0. The Hall–Kier alpha value is -1.87. The second-order valence-corrected chi connectivity index (χ2v) is 4.39. The zero-order valence-corrected chi connectivity index (χ0v) is 10.2. The van der Waals surface area contributed by atoms with Gasteiger partial charge in [-0.2, -0.15) is 0 Å². The molecule has 0 fully saturated rings. The zero-order chi connectivity index (χ0) is 13.1. The van der Waals surface area contributed by atoms with E-state index >= 15 is 0 Å². The fraction of sp³-hybridized carbons (Fsp3) is 0.0714. The SMILES string of the molecule is NC(=O)Cc1cc(Cl)ccc1-c1ccc(F)cc1. The molecular formula is C14H11ClFNO. The van der Waals surface area contributed by atoms with E-state index < -0.39 is 5.91 Å². The highest BCUT2D eigenvalue weighted by molar-refractivity contribution is 6.30. The van der Waals surface area contributed by atoms with E-state index in [1.165, 1.54) is 12.1 Å². The van der Waals surface area contributed by atoms with E-state index in [2.05, 4.69) is 0 Å². The average molecular weight is 264 g/mol. The minimum Gasteiger partial charge on any atom is -0.369 e. The van der Waals surface area contributed by atoms with Gasteiger partial charge in [0.05, 0.1) is 6.42 Å². The Bertz CT molecular complexity index is 581. The number of benzene rings is 2. The van der Waals surface area contributed by atoms with E-state index in [0.29, 0.717) is 5.02 Å². The molecule has 4 heteroatoms. The van der Waals surface area contributed by atoms with Gasteiger partial charge in [0, 0.05) is 5.02 Å². The van der Waals surface area contributed by atoms with Crippen LogP contribution in [-0.4, -0.2) is 5.91 Å². The van der Waals surface area contributed by atoms with Crippen molar-refractivity contribution in [1.29, 1.82) is 0 Å². The van der Waals surface area contributed by atoms with Crippen LogP contribution in [0.3, 0.4) is 0 Å². The first kappa shape index (κ1) is 12.6. The summed E-state index contributed by atoms with van der Waals surface area (Å²) >= 11 is 5.90. The van der Waals surface area contributed by atoms with E-state index in [0.717, 1.165) is 16.7 Å². The Morgan fingerprint density at radius 1 is 1.17 bits per heavy atom. The smallest absolute Gasteiger partial charge is 0.221 e. The first-order valence-corrected chi connectivity index (χ1v) is 5.77. The van der Waals surface area contributed by atoms with Gasteiger partial charge in [0.25, 0.3) is 0 Å². The fourth-order valence-corrected chi connectivity index (χ4v) is 2.00. The van der Waals surface area contributed by atoms with Gasteiger partial charge in [0.1, 0.15) is 5.82 Å². The molecule has 0 aliphatic rings. The van der Waals surface area contributed by atoms with Gasteiger partial charge >= 0.3 is 0 Å². The minimum absolute atomic E-state index is 0.104. The van der Waals surface area contributed by atoms with Gasteiger partial charge < -0.3 is 5.73 Å². The van der Waals surface area contributed by atoms with Gasteiger partial charge in [-0.25, -0.2) is 4.39 Å². The van der Waals surface area contributed by atoms with Crippen LogP contribution in [0.4, 0.5) is 4.39 Å². The number of amides is 1. The molecule has 2 N–H and O–H groups in total. The summed E-state index contributed by atoms with van der Waals surface area (Å²) in [5.74, 6) is -0.732. The Labute approximate surface area is 109 Å². The first-order chi connectivity index (χ1) is 8.56. The summed E-state index contributed by atoms with van der Waals surface area (Å²) in [6, 6.07) is 11.3. The molecule has 0 saturated heterocycles. The molecule has 0 bridgehead atoms. The molecule has 0 aliphatic heterocycles. The molecule has 0 atom stereocenters. The van der Waals surface area contributed by atoms with E-state index in [-0.39, 0.29) is 12.2 Å². The van der Waals surface area contributed by atoms with Gasteiger partial charge in [-0.15, -0.1) is 0 Å². The van der Waals surface area contributed by atoms with Crippen molar-refractivity contribution in [2.75, 3.05) is 0 Å². The number of primary amides is 1. The van der Waals surface area contributed by atoms with Crippen LogP contribution in [0.25, 0.3) is 11.1 Å². The molecule has 2 rings (SSSR count). The Morgan fingerprint density at radius 2 is 1.83 bits per heavy atom. The summed E-state index contributed by atoms with van der Waals surface area (Å²) in [5.41, 5.74) is 7.60. The monoisotopic (exact) mass is 263 g/mol. The lowest BCUT2D eigenvalue weighted by Crippen LogP contribution is -2.14. The lowest BCUT2D eigenvalue weighted by molar-refractivity contribution is -0.117. The van der Waals surface area contributed by atoms with Crippen LogP contribution in [0, 0.1) is 5.82 Å². The average Bonchev–Trinajstić information content (AvgIpc) is 2.30. The van der Waals surface area contributed by atoms with E-state index in [4.69, 9.17) is 17.3 Å². The number of carbonyl (C=O) groups is 1. The van der Waals surface area contributed by atoms with Crippen LogP contribution >= 0.6 is 11.6 Å². The molecular weight excluding hydrogens is 253 g/mol. The fourth-order valence-electron chi connectivity index (χ4n) is 1.81. The van der Waals surface area contributed by atoms with Crippen molar-refractivity contribution in [1.82, 2.24) is 0 Å². The van der Waals surface area contributed by atoms with Crippen molar-refractivity contribution in [2.24, 2.45) is 5.73 Å². The predicted octanol–water partition coefficient (Wildman–Crippen LogP) is 3.17. The topological polar surface area (TPSA) is 43.1 Å². The maximum atomic E-state index is 12.9. The molecule has 2 aromatic rings. The third-order valence-electron chi connectivity index (χ3n) is 2.59. The number of carbonyl (C=O) groups excluding carboxylic acids is 1. The molecule has 18 heavy (non-hydrogen) atoms. The van der Waals surface area contributed by atoms with Crippen LogP contribution in [0.2, 0.25) is 5.02 Å². The quantitative estimate of drug-likeness (QED) is 0.908. The van der Waals surface area contributed by atoms with Crippen molar-refractivity contribution >= 4 is 17.5 Å². The van der Waals surface area contributed by atoms with Gasteiger partial charge in [0.2, 0.25) is 5.91 Å². The molecule has 2 nitrogen and oxygen atoms in total. The minimum atomic E-state index is -0.430. The van der Waals surface area contributed by atoms with Gasteiger partial charge in [0.15, 0.2) is 0 Å². The molecule has 0 aliphatic carbocycles. The highest BCUT2D eigenvalue weighted by Crippen LogP contribution is 2.27. The van der Waals surface area contributed by atoms with Crippen molar-refractivity contribution < 1.29 is 9.18 Å². The van der Waals surface area contributed by atoms with Gasteiger partial charge in [-0.1, -0.05) is 29.8 Å². The Balaban J connectivity index is 2.49. The lowest BCUT2D eigenvalue weighted by atomic mass is 9.97. The Morgan fingerprint density at radius 3 is 2.44 bits per heavy atom. The predicted molar refractivity (Wildman–Crippen MR) is 69.7 cm³/mol. The normalized spacial score (nSPS) is 10.3. The third-order valence-corrected chi connectivity index (χ3v) is 2.82. The third kappa shape index (κ3) is 2.87. The number of hydrogen-bond acceptors (Lipinski definition) is 1. The summed E-state index contributed by atoms with van der Waals surface area (Å²) < 4.78 is 12.9. The molecule has 92 valence electrons. The Kier molecular flexibility index (Phi) is 3.63. The van der Waals surface area contributed by atoms with Crippen molar-refractivity contribution in [3.05, 3.63) is 58.9 Å². The maximum absolute atomic E-state index is 12.9. The second kappa shape index (κ2) is 5.19.